The lowest BCUT2D eigenvalue weighted by Gasteiger charge is -2.24. The van der Waals surface area contributed by atoms with Gasteiger partial charge in [-0.1, -0.05) is 30.3 Å². The van der Waals surface area contributed by atoms with Crippen LogP contribution in [0, 0.1) is 11.8 Å². The van der Waals surface area contributed by atoms with Crippen molar-refractivity contribution in [3.8, 4) is 0 Å². The van der Waals surface area contributed by atoms with E-state index in [2.05, 4.69) is 0 Å². The second kappa shape index (κ2) is 3.42. The van der Waals surface area contributed by atoms with Crippen LogP contribution in [0.2, 0.25) is 0 Å². The minimum atomic E-state index is -0.683. The van der Waals surface area contributed by atoms with Crippen LogP contribution in [0.5, 0.6) is 0 Å². The summed E-state index contributed by atoms with van der Waals surface area (Å²) in [6, 6.07) is 9.87. The zero-order valence-electron chi connectivity index (χ0n) is 9.23. The van der Waals surface area contributed by atoms with E-state index in [1.165, 1.54) is 0 Å². The highest BCUT2D eigenvalue weighted by Gasteiger charge is 2.48. The highest BCUT2D eigenvalue weighted by molar-refractivity contribution is 5.81. The Bertz CT molecular complexity index is 394. The molecule has 0 aliphatic heterocycles. The van der Waals surface area contributed by atoms with Gasteiger partial charge in [0.1, 0.15) is 5.78 Å². The Morgan fingerprint density at radius 3 is 2.19 bits per heavy atom. The van der Waals surface area contributed by atoms with Crippen molar-refractivity contribution in [3.63, 3.8) is 0 Å². The quantitative estimate of drug-likeness (QED) is 0.781. The summed E-state index contributed by atoms with van der Waals surface area (Å²) in [6.45, 7) is 0. The lowest BCUT2D eigenvalue weighted by molar-refractivity contribution is -0.118. The minimum Gasteiger partial charge on any atom is -0.385 e. The number of carbonyl (C=O) groups is 1. The van der Waals surface area contributed by atoms with Crippen LogP contribution in [0.3, 0.4) is 0 Å². The summed E-state index contributed by atoms with van der Waals surface area (Å²) < 4.78 is 0. The van der Waals surface area contributed by atoms with Crippen LogP contribution in [-0.4, -0.2) is 10.9 Å². The average molecular weight is 216 g/mol. The highest BCUT2D eigenvalue weighted by Crippen LogP contribution is 2.51. The van der Waals surface area contributed by atoms with Gasteiger partial charge in [0.05, 0.1) is 5.60 Å². The molecule has 0 radical (unpaired) electrons. The molecule has 0 aromatic heterocycles. The number of Topliss-reactive ketones (excluding diaryl/α,β-unsaturated/α-hetero) is 1. The third-order valence-corrected chi connectivity index (χ3v) is 4.16. The summed E-state index contributed by atoms with van der Waals surface area (Å²) in [5.41, 5.74) is 0.328. The lowest BCUT2D eigenvalue weighted by atomic mass is 9.89. The van der Waals surface area contributed by atoms with E-state index in [9.17, 15) is 9.90 Å². The SMILES string of the molecule is O=C1C[C@@H]2CC(O)(c3ccccc3)C[C@@H]2C1. The molecule has 0 heterocycles. The monoisotopic (exact) mass is 216 g/mol. The van der Waals surface area contributed by atoms with E-state index >= 15 is 0 Å². The van der Waals surface area contributed by atoms with Gasteiger partial charge in [-0.3, -0.25) is 4.79 Å². The Hall–Kier alpha value is -1.15. The molecule has 0 saturated heterocycles. The molecular formula is C14H16O2. The fourth-order valence-electron chi connectivity index (χ4n) is 3.41. The number of carbonyl (C=O) groups excluding carboxylic acids is 1. The molecule has 2 heteroatoms. The molecule has 1 aromatic carbocycles. The molecule has 2 aliphatic carbocycles. The maximum Gasteiger partial charge on any atom is 0.133 e. The molecule has 0 spiro atoms. The van der Waals surface area contributed by atoms with Crippen molar-refractivity contribution in [2.24, 2.45) is 11.8 Å². The summed E-state index contributed by atoms with van der Waals surface area (Å²) >= 11 is 0. The van der Waals surface area contributed by atoms with E-state index in [-0.39, 0.29) is 0 Å². The average Bonchev–Trinajstić information content (AvgIpc) is 2.73. The fraction of sp³-hybridized carbons (Fsp3) is 0.500. The summed E-state index contributed by atoms with van der Waals surface area (Å²) in [6.07, 6.45) is 2.88. The Balaban J connectivity index is 1.86. The lowest BCUT2D eigenvalue weighted by Crippen LogP contribution is -2.22. The van der Waals surface area contributed by atoms with Crippen LogP contribution in [0.4, 0.5) is 0 Å². The van der Waals surface area contributed by atoms with Gasteiger partial charge < -0.3 is 5.11 Å². The number of hydrogen-bond donors (Lipinski definition) is 1. The van der Waals surface area contributed by atoms with E-state index in [1.807, 2.05) is 30.3 Å². The number of fused-ring (bicyclic) bond motifs is 1. The molecule has 1 aromatic rings. The largest absolute Gasteiger partial charge is 0.385 e. The first-order valence-electron chi connectivity index (χ1n) is 5.97. The van der Waals surface area contributed by atoms with Gasteiger partial charge in [0.15, 0.2) is 0 Å². The van der Waals surface area contributed by atoms with Crippen molar-refractivity contribution in [1.82, 2.24) is 0 Å². The van der Waals surface area contributed by atoms with Crippen LogP contribution < -0.4 is 0 Å². The summed E-state index contributed by atoms with van der Waals surface area (Å²) in [5.74, 6) is 1.21. The number of aliphatic hydroxyl groups is 1. The minimum absolute atomic E-state index is 0.380. The summed E-state index contributed by atoms with van der Waals surface area (Å²) in [7, 11) is 0. The number of hydrogen-bond acceptors (Lipinski definition) is 2. The van der Waals surface area contributed by atoms with Crippen molar-refractivity contribution in [2.45, 2.75) is 31.3 Å². The molecule has 84 valence electrons. The molecule has 0 amide bonds. The predicted octanol–water partition coefficient (Wildman–Crippen LogP) is 2.26. The Morgan fingerprint density at radius 2 is 1.62 bits per heavy atom. The standard InChI is InChI=1S/C14H16O2/c15-13-6-10-8-14(16,9-11(10)7-13)12-4-2-1-3-5-12/h1-5,10-11,16H,6-9H2/t10-,11+,14?. The van der Waals surface area contributed by atoms with E-state index in [4.69, 9.17) is 0 Å². The molecule has 0 bridgehead atoms. The zero-order valence-corrected chi connectivity index (χ0v) is 9.23. The van der Waals surface area contributed by atoms with Gasteiger partial charge in [-0.25, -0.2) is 0 Å². The van der Waals surface area contributed by atoms with Crippen molar-refractivity contribution < 1.29 is 9.90 Å². The maximum absolute atomic E-state index is 11.3. The van der Waals surface area contributed by atoms with Gasteiger partial charge in [0, 0.05) is 12.8 Å². The molecular weight excluding hydrogens is 200 g/mol. The Kier molecular flexibility index (Phi) is 2.15. The molecule has 1 N–H and O–H groups in total. The van der Waals surface area contributed by atoms with Gasteiger partial charge >= 0.3 is 0 Å². The molecule has 2 fully saturated rings. The van der Waals surface area contributed by atoms with Gasteiger partial charge in [-0.15, -0.1) is 0 Å². The second-order valence-electron chi connectivity index (χ2n) is 5.27. The molecule has 2 nitrogen and oxygen atoms in total. The van der Waals surface area contributed by atoms with E-state index in [0.717, 1.165) is 18.4 Å². The maximum atomic E-state index is 11.3. The molecule has 3 atom stereocenters. The van der Waals surface area contributed by atoms with Crippen LogP contribution in [0.1, 0.15) is 31.2 Å². The molecule has 1 unspecified atom stereocenters. The van der Waals surface area contributed by atoms with Crippen LogP contribution >= 0.6 is 0 Å². The van der Waals surface area contributed by atoms with Crippen molar-refractivity contribution >= 4 is 5.78 Å². The molecule has 3 rings (SSSR count). The van der Waals surface area contributed by atoms with Crippen molar-refractivity contribution in [2.75, 3.05) is 0 Å². The van der Waals surface area contributed by atoms with E-state index in [1.54, 1.807) is 0 Å². The smallest absolute Gasteiger partial charge is 0.133 e. The first-order valence-corrected chi connectivity index (χ1v) is 5.97. The number of benzene rings is 1. The third kappa shape index (κ3) is 1.49. The first kappa shape index (κ1) is 10.0. The summed E-state index contributed by atoms with van der Waals surface area (Å²) in [4.78, 5) is 11.3. The molecule has 2 aliphatic rings. The molecule has 16 heavy (non-hydrogen) atoms. The van der Waals surface area contributed by atoms with Crippen LogP contribution in [-0.2, 0) is 10.4 Å². The Morgan fingerprint density at radius 1 is 1.06 bits per heavy atom. The van der Waals surface area contributed by atoms with Crippen molar-refractivity contribution in [1.29, 1.82) is 0 Å². The summed E-state index contributed by atoms with van der Waals surface area (Å²) in [5, 5.41) is 10.6. The predicted molar refractivity (Wildman–Crippen MR) is 60.8 cm³/mol. The first-order chi connectivity index (χ1) is 7.67. The highest BCUT2D eigenvalue weighted by atomic mass is 16.3. The Labute approximate surface area is 95.3 Å². The van der Waals surface area contributed by atoms with E-state index < -0.39 is 5.60 Å². The number of ketones is 1. The van der Waals surface area contributed by atoms with Gasteiger partial charge in [-0.05, 0) is 30.2 Å². The molecule has 2 saturated carbocycles. The van der Waals surface area contributed by atoms with E-state index in [0.29, 0.717) is 30.5 Å². The van der Waals surface area contributed by atoms with Crippen molar-refractivity contribution in [3.05, 3.63) is 35.9 Å². The number of rotatable bonds is 1. The van der Waals surface area contributed by atoms with Crippen LogP contribution in [0.25, 0.3) is 0 Å². The van der Waals surface area contributed by atoms with Gasteiger partial charge in [0.25, 0.3) is 0 Å². The third-order valence-electron chi connectivity index (χ3n) is 4.16. The normalized spacial score (nSPS) is 37.7. The van der Waals surface area contributed by atoms with Crippen LogP contribution in [0.15, 0.2) is 30.3 Å². The van der Waals surface area contributed by atoms with Gasteiger partial charge in [-0.2, -0.15) is 0 Å². The second-order valence-corrected chi connectivity index (χ2v) is 5.27. The topological polar surface area (TPSA) is 37.3 Å². The van der Waals surface area contributed by atoms with Gasteiger partial charge in [0.2, 0.25) is 0 Å². The zero-order chi connectivity index (χ0) is 11.2. The fourth-order valence-corrected chi connectivity index (χ4v) is 3.41.